The van der Waals surface area contributed by atoms with E-state index in [1.165, 1.54) is 6.20 Å². The zero-order valence-corrected chi connectivity index (χ0v) is 9.78. The SMILES string of the molecule is N#Cc1ccc(C(CN2CC(O)C2)C(N)=O)nc1. The number of pyridine rings is 1. The molecule has 6 heteroatoms. The third-order valence-electron chi connectivity index (χ3n) is 2.99. The van der Waals surface area contributed by atoms with Crippen molar-refractivity contribution in [3.8, 4) is 6.07 Å². The van der Waals surface area contributed by atoms with Crippen LogP contribution in [0.5, 0.6) is 0 Å². The second-order valence-electron chi connectivity index (χ2n) is 4.41. The molecule has 1 aromatic heterocycles. The number of nitrogens with two attached hydrogens (primary N) is 1. The Bertz CT molecular complexity index is 474. The van der Waals surface area contributed by atoms with Crippen LogP contribution in [-0.4, -0.2) is 46.6 Å². The maximum absolute atomic E-state index is 11.4. The summed E-state index contributed by atoms with van der Waals surface area (Å²) in [6, 6.07) is 5.23. The van der Waals surface area contributed by atoms with Crippen LogP contribution in [0.4, 0.5) is 0 Å². The Hall–Kier alpha value is -1.97. The van der Waals surface area contributed by atoms with Crippen molar-refractivity contribution in [1.82, 2.24) is 9.88 Å². The molecule has 1 atom stereocenters. The van der Waals surface area contributed by atoms with Crippen molar-refractivity contribution in [2.75, 3.05) is 19.6 Å². The van der Waals surface area contributed by atoms with Gasteiger partial charge in [0.05, 0.1) is 23.3 Å². The Morgan fingerprint density at radius 2 is 2.39 bits per heavy atom. The summed E-state index contributed by atoms with van der Waals surface area (Å²) in [7, 11) is 0. The standard InChI is InChI=1S/C12H14N4O2/c13-3-8-1-2-11(15-4-8)10(12(14)18)7-16-5-9(17)6-16/h1-2,4,9-10,17H,5-7H2,(H2,14,18). The molecule has 2 heterocycles. The highest BCUT2D eigenvalue weighted by atomic mass is 16.3. The van der Waals surface area contributed by atoms with E-state index in [0.717, 1.165) is 0 Å². The van der Waals surface area contributed by atoms with Crippen LogP contribution in [0.15, 0.2) is 18.3 Å². The van der Waals surface area contributed by atoms with Gasteiger partial charge in [0.15, 0.2) is 0 Å². The van der Waals surface area contributed by atoms with E-state index in [0.29, 0.717) is 30.9 Å². The third-order valence-corrected chi connectivity index (χ3v) is 2.99. The molecule has 2 rings (SSSR count). The number of nitriles is 1. The Morgan fingerprint density at radius 3 is 2.83 bits per heavy atom. The summed E-state index contributed by atoms with van der Waals surface area (Å²) in [5.41, 5.74) is 6.37. The quantitative estimate of drug-likeness (QED) is 0.723. The summed E-state index contributed by atoms with van der Waals surface area (Å²) in [5.74, 6) is -0.959. The summed E-state index contributed by atoms with van der Waals surface area (Å²) in [4.78, 5) is 17.5. The number of aliphatic hydroxyl groups excluding tert-OH is 1. The number of carbonyl (C=O) groups is 1. The molecule has 1 unspecified atom stereocenters. The van der Waals surface area contributed by atoms with E-state index in [-0.39, 0.29) is 6.10 Å². The number of primary amides is 1. The van der Waals surface area contributed by atoms with Crippen LogP contribution >= 0.6 is 0 Å². The normalized spacial score (nSPS) is 17.8. The molecule has 0 aliphatic carbocycles. The molecule has 1 fully saturated rings. The number of carbonyl (C=O) groups excluding carboxylic acids is 1. The largest absolute Gasteiger partial charge is 0.390 e. The van der Waals surface area contributed by atoms with Crippen molar-refractivity contribution < 1.29 is 9.90 Å². The van der Waals surface area contributed by atoms with Gasteiger partial charge in [-0.1, -0.05) is 0 Å². The number of aliphatic hydroxyl groups is 1. The zero-order valence-electron chi connectivity index (χ0n) is 9.78. The first-order valence-corrected chi connectivity index (χ1v) is 5.66. The first-order valence-electron chi connectivity index (χ1n) is 5.66. The highest BCUT2D eigenvalue weighted by Crippen LogP contribution is 2.18. The second kappa shape index (κ2) is 5.12. The number of nitrogens with zero attached hydrogens (tertiary/aromatic N) is 3. The first kappa shape index (κ1) is 12.5. The van der Waals surface area contributed by atoms with Gasteiger partial charge in [0.2, 0.25) is 5.91 Å². The topological polar surface area (TPSA) is 103 Å². The second-order valence-corrected chi connectivity index (χ2v) is 4.41. The fraction of sp³-hybridized carbons (Fsp3) is 0.417. The van der Waals surface area contributed by atoms with E-state index in [1.807, 2.05) is 11.0 Å². The fourth-order valence-corrected chi connectivity index (χ4v) is 1.96. The predicted molar refractivity (Wildman–Crippen MR) is 63.3 cm³/mol. The predicted octanol–water partition coefficient (Wildman–Crippen LogP) is -0.801. The van der Waals surface area contributed by atoms with E-state index in [9.17, 15) is 9.90 Å². The van der Waals surface area contributed by atoms with Gasteiger partial charge >= 0.3 is 0 Å². The number of β-amino-alcohol motifs (C(OH)–C–C–N with tert-alkyl or cyclic N) is 1. The number of hydrogen-bond acceptors (Lipinski definition) is 5. The van der Waals surface area contributed by atoms with Gasteiger partial charge in [0.25, 0.3) is 0 Å². The number of hydrogen-bond donors (Lipinski definition) is 2. The van der Waals surface area contributed by atoms with Crippen LogP contribution in [0.2, 0.25) is 0 Å². The molecular formula is C12H14N4O2. The van der Waals surface area contributed by atoms with E-state index in [2.05, 4.69) is 4.98 Å². The van der Waals surface area contributed by atoms with E-state index in [4.69, 9.17) is 11.0 Å². The average molecular weight is 246 g/mol. The first-order chi connectivity index (χ1) is 8.60. The molecule has 1 aromatic rings. The minimum absolute atomic E-state index is 0.313. The molecule has 0 spiro atoms. The molecule has 1 aliphatic heterocycles. The van der Waals surface area contributed by atoms with Gasteiger partial charge in [-0.3, -0.25) is 14.7 Å². The van der Waals surface area contributed by atoms with E-state index in [1.54, 1.807) is 12.1 Å². The molecule has 0 saturated carbocycles. The fourth-order valence-electron chi connectivity index (χ4n) is 1.96. The maximum Gasteiger partial charge on any atom is 0.227 e. The minimum Gasteiger partial charge on any atom is -0.390 e. The Morgan fingerprint density at radius 1 is 1.67 bits per heavy atom. The highest BCUT2D eigenvalue weighted by molar-refractivity contribution is 5.81. The van der Waals surface area contributed by atoms with Crippen molar-refractivity contribution in [3.05, 3.63) is 29.6 Å². The van der Waals surface area contributed by atoms with Crippen molar-refractivity contribution in [1.29, 1.82) is 5.26 Å². The number of aromatic nitrogens is 1. The molecule has 1 saturated heterocycles. The molecule has 1 aliphatic rings. The molecule has 94 valence electrons. The number of likely N-dealkylation sites (tertiary alicyclic amines) is 1. The van der Waals surface area contributed by atoms with E-state index < -0.39 is 11.8 Å². The molecule has 0 aromatic carbocycles. The summed E-state index contributed by atoms with van der Waals surface area (Å²) in [6.07, 6.45) is 1.11. The van der Waals surface area contributed by atoms with Gasteiger partial charge < -0.3 is 10.8 Å². The highest BCUT2D eigenvalue weighted by Gasteiger charge is 2.30. The smallest absolute Gasteiger partial charge is 0.227 e. The minimum atomic E-state index is -0.509. The summed E-state index contributed by atoms with van der Waals surface area (Å²) in [6.45, 7) is 1.56. The molecule has 1 amide bonds. The van der Waals surface area contributed by atoms with Crippen LogP contribution < -0.4 is 5.73 Å². The molecule has 6 nitrogen and oxygen atoms in total. The van der Waals surface area contributed by atoms with Gasteiger partial charge in [0, 0.05) is 25.8 Å². The van der Waals surface area contributed by atoms with Crippen LogP contribution in [0.3, 0.4) is 0 Å². The van der Waals surface area contributed by atoms with Crippen molar-refractivity contribution >= 4 is 5.91 Å². The average Bonchev–Trinajstić information content (AvgIpc) is 2.33. The molecule has 18 heavy (non-hydrogen) atoms. The summed E-state index contributed by atoms with van der Waals surface area (Å²) >= 11 is 0. The number of amides is 1. The van der Waals surface area contributed by atoms with Gasteiger partial charge in [-0.2, -0.15) is 5.26 Å². The van der Waals surface area contributed by atoms with Gasteiger partial charge in [-0.05, 0) is 12.1 Å². The zero-order chi connectivity index (χ0) is 13.1. The van der Waals surface area contributed by atoms with Crippen LogP contribution in [0.1, 0.15) is 17.2 Å². The van der Waals surface area contributed by atoms with Gasteiger partial charge in [-0.15, -0.1) is 0 Å². The lowest BCUT2D eigenvalue weighted by atomic mass is 10.0. The lowest BCUT2D eigenvalue weighted by Crippen LogP contribution is -2.53. The van der Waals surface area contributed by atoms with Gasteiger partial charge in [-0.25, -0.2) is 0 Å². The van der Waals surface area contributed by atoms with Crippen molar-refractivity contribution in [3.63, 3.8) is 0 Å². The Balaban J connectivity index is 2.09. The van der Waals surface area contributed by atoms with Crippen LogP contribution in [-0.2, 0) is 4.79 Å². The van der Waals surface area contributed by atoms with E-state index >= 15 is 0 Å². The molecule has 0 radical (unpaired) electrons. The Labute approximate surface area is 105 Å². The molecule has 0 bridgehead atoms. The molecule has 3 N–H and O–H groups in total. The monoisotopic (exact) mass is 246 g/mol. The van der Waals surface area contributed by atoms with Gasteiger partial charge in [0.1, 0.15) is 6.07 Å². The lowest BCUT2D eigenvalue weighted by molar-refractivity contribution is -0.120. The number of rotatable bonds is 4. The Kier molecular flexibility index (Phi) is 3.55. The molecular weight excluding hydrogens is 232 g/mol. The maximum atomic E-state index is 11.4. The van der Waals surface area contributed by atoms with Crippen molar-refractivity contribution in [2.24, 2.45) is 5.73 Å². The van der Waals surface area contributed by atoms with Crippen molar-refractivity contribution in [2.45, 2.75) is 12.0 Å². The van der Waals surface area contributed by atoms with Crippen LogP contribution in [0, 0.1) is 11.3 Å². The summed E-state index contributed by atoms with van der Waals surface area (Å²) < 4.78 is 0. The lowest BCUT2D eigenvalue weighted by Gasteiger charge is -2.37. The summed E-state index contributed by atoms with van der Waals surface area (Å²) in [5, 5.41) is 17.9. The van der Waals surface area contributed by atoms with Crippen LogP contribution in [0.25, 0.3) is 0 Å². The third kappa shape index (κ3) is 2.64.